The van der Waals surface area contributed by atoms with E-state index in [9.17, 15) is 0 Å². The molecule has 5 nitrogen and oxygen atoms in total. The van der Waals surface area contributed by atoms with E-state index in [1.54, 1.807) is 0 Å². The highest BCUT2D eigenvalue weighted by molar-refractivity contribution is 6.35. The van der Waals surface area contributed by atoms with E-state index in [1.807, 2.05) is 24.3 Å². The fraction of sp³-hybridized carbons (Fsp3) is 0.286. The van der Waals surface area contributed by atoms with Crippen LogP contribution in [0.25, 0.3) is 0 Å². The molecule has 1 aliphatic rings. The van der Waals surface area contributed by atoms with E-state index in [-0.39, 0.29) is 11.9 Å². The number of morpholine rings is 1. The number of hydrogen-bond donors (Lipinski definition) is 1. The van der Waals surface area contributed by atoms with Gasteiger partial charge in [-0.25, -0.2) is 9.97 Å². The molecule has 1 atom stereocenters. The summed E-state index contributed by atoms with van der Waals surface area (Å²) in [6.07, 6.45) is 1.37. The molecule has 0 radical (unpaired) electrons. The van der Waals surface area contributed by atoms with Crippen molar-refractivity contribution in [1.29, 1.82) is 0 Å². The molecule has 2 heterocycles. The van der Waals surface area contributed by atoms with Crippen LogP contribution in [-0.2, 0) is 4.74 Å². The van der Waals surface area contributed by atoms with E-state index in [0.29, 0.717) is 35.6 Å². The van der Waals surface area contributed by atoms with Crippen molar-refractivity contribution >= 4 is 34.8 Å². The van der Waals surface area contributed by atoms with Gasteiger partial charge in [-0.1, -0.05) is 35.3 Å². The molecule has 0 bridgehead atoms. The quantitative estimate of drug-likeness (QED) is 0.920. The SMILES string of the molecule is Nc1ncnc(N2CCOC(c3ccc(Cl)cc3)C2)c1Cl. The molecular weight excluding hydrogens is 311 g/mol. The van der Waals surface area contributed by atoms with Crippen LogP contribution in [0.5, 0.6) is 0 Å². The maximum atomic E-state index is 6.19. The smallest absolute Gasteiger partial charge is 0.153 e. The van der Waals surface area contributed by atoms with Gasteiger partial charge in [-0.2, -0.15) is 0 Å². The van der Waals surface area contributed by atoms with Crippen LogP contribution < -0.4 is 10.6 Å². The molecule has 0 spiro atoms. The molecule has 1 aromatic carbocycles. The zero-order valence-electron chi connectivity index (χ0n) is 11.2. The number of nitrogens with zero attached hydrogens (tertiary/aromatic N) is 3. The van der Waals surface area contributed by atoms with E-state index < -0.39 is 0 Å². The van der Waals surface area contributed by atoms with Crippen LogP contribution in [0.15, 0.2) is 30.6 Å². The fourth-order valence-corrected chi connectivity index (χ4v) is 2.66. The molecule has 1 aromatic heterocycles. The zero-order valence-corrected chi connectivity index (χ0v) is 12.7. The lowest BCUT2D eigenvalue weighted by molar-refractivity contribution is 0.0395. The minimum Gasteiger partial charge on any atom is -0.382 e. The maximum Gasteiger partial charge on any atom is 0.153 e. The Labute approximate surface area is 132 Å². The molecule has 0 aliphatic carbocycles. The summed E-state index contributed by atoms with van der Waals surface area (Å²) in [6, 6.07) is 7.64. The number of nitrogen functional groups attached to an aromatic ring is 1. The number of halogens is 2. The van der Waals surface area contributed by atoms with Crippen molar-refractivity contribution in [1.82, 2.24) is 9.97 Å². The molecule has 110 valence electrons. The van der Waals surface area contributed by atoms with Crippen LogP contribution in [0.1, 0.15) is 11.7 Å². The lowest BCUT2D eigenvalue weighted by atomic mass is 10.1. The van der Waals surface area contributed by atoms with E-state index in [1.165, 1.54) is 6.33 Å². The number of ether oxygens (including phenoxy) is 1. The predicted molar refractivity (Wildman–Crippen MR) is 83.8 cm³/mol. The van der Waals surface area contributed by atoms with Crippen molar-refractivity contribution in [2.45, 2.75) is 6.10 Å². The van der Waals surface area contributed by atoms with Crippen LogP contribution in [0, 0.1) is 0 Å². The molecule has 21 heavy (non-hydrogen) atoms. The number of nitrogens with two attached hydrogens (primary N) is 1. The Bertz CT molecular complexity index is 635. The zero-order chi connectivity index (χ0) is 14.8. The van der Waals surface area contributed by atoms with Crippen molar-refractivity contribution in [3.63, 3.8) is 0 Å². The van der Waals surface area contributed by atoms with Crippen molar-refractivity contribution in [2.75, 3.05) is 30.3 Å². The number of anilines is 2. The van der Waals surface area contributed by atoms with Gasteiger partial charge < -0.3 is 15.4 Å². The second kappa shape index (κ2) is 6.05. The lowest BCUT2D eigenvalue weighted by Gasteiger charge is -2.34. The van der Waals surface area contributed by atoms with Crippen LogP contribution in [-0.4, -0.2) is 29.7 Å². The Kier molecular flexibility index (Phi) is 4.14. The summed E-state index contributed by atoms with van der Waals surface area (Å²) >= 11 is 12.1. The molecule has 0 amide bonds. The fourth-order valence-electron chi connectivity index (χ4n) is 2.31. The first kappa shape index (κ1) is 14.4. The lowest BCUT2D eigenvalue weighted by Crippen LogP contribution is -2.39. The first-order chi connectivity index (χ1) is 10.1. The van der Waals surface area contributed by atoms with Gasteiger partial charge in [0.25, 0.3) is 0 Å². The summed E-state index contributed by atoms with van der Waals surface area (Å²) in [5, 5.41) is 1.09. The van der Waals surface area contributed by atoms with Gasteiger partial charge in [0.2, 0.25) is 0 Å². The van der Waals surface area contributed by atoms with E-state index in [4.69, 9.17) is 33.7 Å². The minimum absolute atomic E-state index is 0.0525. The van der Waals surface area contributed by atoms with Crippen LogP contribution in [0.3, 0.4) is 0 Å². The van der Waals surface area contributed by atoms with Crippen LogP contribution in [0.2, 0.25) is 10.0 Å². The standard InChI is InChI=1S/C14H14Cl2N4O/c15-10-3-1-9(2-4-10)11-7-20(5-6-21-11)14-12(16)13(17)18-8-19-14/h1-4,8,11H,5-7H2,(H2,17,18,19). The summed E-state index contributed by atoms with van der Waals surface area (Å²) in [5.41, 5.74) is 6.81. The van der Waals surface area contributed by atoms with Gasteiger partial charge in [0.05, 0.1) is 6.61 Å². The summed E-state index contributed by atoms with van der Waals surface area (Å²) in [5.74, 6) is 0.933. The highest BCUT2D eigenvalue weighted by Crippen LogP contribution is 2.31. The van der Waals surface area contributed by atoms with Crippen molar-refractivity contribution in [3.05, 3.63) is 46.2 Å². The Morgan fingerprint density at radius 1 is 1.19 bits per heavy atom. The van der Waals surface area contributed by atoms with Crippen LogP contribution in [0.4, 0.5) is 11.6 Å². The van der Waals surface area contributed by atoms with Crippen LogP contribution >= 0.6 is 23.2 Å². The molecule has 1 fully saturated rings. The van der Waals surface area contributed by atoms with Gasteiger partial charge in [-0.3, -0.25) is 0 Å². The summed E-state index contributed by atoms with van der Waals surface area (Å²) in [4.78, 5) is 10.2. The highest BCUT2D eigenvalue weighted by Gasteiger charge is 2.25. The van der Waals surface area contributed by atoms with Crippen molar-refractivity contribution < 1.29 is 4.74 Å². The first-order valence-electron chi connectivity index (χ1n) is 6.53. The molecule has 1 saturated heterocycles. The van der Waals surface area contributed by atoms with Crippen molar-refractivity contribution in [2.24, 2.45) is 0 Å². The topological polar surface area (TPSA) is 64.3 Å². The monoisotopic (exact) mass is 324 g/mol. The average Bonchev–Trinajstić information content (AvgIpc) is 2.51. The number of hydrogen-bond acceptors (Lipinski definition) is 5. The van der Waals surface area contributed by atoms with Gasteiger partial charge in [-0.05, 0) is 17.7 Å². The predicted octanol–water partition coefficient (Wildman–Crippen LogP) is 2.94. The van der Waals surface area contributed by atoms with Gasteiger partial charge in [0, 0.05) is 18.1 Å². The van der Waals surface area contributed by atoms with Crippen molar-refractivity contribution in [3.8, 4) is 0 Å². The largest absolute Gasteiger partial charge is 0.382 e. The third kappa shape index (κ3) is 3.05. The van der Waals surface area contributed by atoms with E-state index in [2.05, 4.69) is 14.9 Å². The van der Waals surface area contributed by atoms with Gasteiger partial charge in [-0.15, -0.1) is 0 Å². The second-order valence-electron chi connectivity index (χ2n) is 4.75. The minimum atomic E-state index is -0.0525. The molecular formula is C14H14Cl2N4O. The van der Waals surface area contributed by atoms with E-state index in [0.717, 1.165) is 5.56 Å². The Morgan fingerprint density at radius 2 is 1.95 bits per heavy atom. The Balaban J connectivity index is 1.82. The highest BCUT2D eigenvalue weighted by atomic mass is 35.5. The summed E-state index contributed by atoms with van der Waals surface area (Å²) in [6.45, 7) is 1.95. The maximum absolute atomic E-state index is 6.19. The Hall–Kier alpha value is -1.56. The second-order valence-corrected chi connectivity index (χ2v) is 5.57. The molecule has 2 N–H and O–H groups in total. The van der Waals surface area contributed by atoms with E-state index >= 15 is 0 Å². The van der Waals surface area contributed by atoms with Gasteiger partial charge in [0.15, 0.2) is 5.82 Å². The first-order valence-corrected chi connectivity index (χ1v) is 7.28. The molecule has 0 saturated carbocycles. The molecule has 2 aromatic rings. The average molecular weight is 325 g/mol. The number of benzene rings is 1. The molecule has 1 aliphatic heterocycles. The molecule has 7 heteroatoms. The molecule has 1 unspecified atom stereocenters. The third-order valence-corrected chi connectivity index (χ3v) is 4.02. The number of rotatable bonds is 2. The molecule has 3 rings (SSSR count). The third-order valence-electron chi connectivity index (χ3n) is 3.41. The normalized spacial score (nSPS) is 18.8. The Morgan fingerprint density at radius 3 is 2.71 bits per heavy atom. The van der Waals surface area contributed by atoms with Gasteiger partial charge in [0.1, 0.15) is 23.3 Å². The van der Waals surface area contributed by atoms with Gasteiger partial charge >= 0.3 is 0 Å². The number of aromatic nitrogens is 2. The summed E-state index contributed by atoms with van der Waals surface area (Å²) in [7, 11) is 0. The summed E-state index contributed by atoms with van der Waals surface area (Å²) < 4.78 is 5.82.